The van der Waals surface area contributed by atoms with Gasteiger partial charge in [0, 0.05) is 17.6 Å². The lowest BCUT2D eigenvalue weighted by Crippen LogP contribution is -2.33. The number of rotatable bonds is 3. The van der Waals surface area contributed by atoms with Gasteiger partial charge < -0.3 is 10.2 Å². The second kappa shape index (κ2) is 6.33. The van der Waals surface area contributed by atoms with E-state index in [4.69, 9.17) is 0 Å². The predicted octanol–water partition coefficient (Wildman–Crippen LogP) is 2.95. The molecule has 0 radical (unpaired) electrons. The average Bonchev–Trinajstić information content (AvgIpc) is 3.20. The van der Waals surface area contributed by atoms with E-state index >= 15 is 0 Å². The number of carbonyl (C=O) groups excluding carboxylic acids is 1. The Kier molecular flexibility index (Phi) is 4.09. The average molecular weight is 364 g/mol. The molecule has 3 heterocycles. The van der Waals surface area contributed by atoms with Gasteiger partial charge in [-0.05, 0) is 37.6 Å². The first-order valence-electron chi connectivity index (χ1n) is 9.20. The fourth-order valence-corrected chi connectivity index (χ4v) is 3.31. The van der Waals surface area contributed by atoms with E-state index in [1.165, 1.54) is 5.56 Å². The largest absolute Gasteiger partial charge is 0.357 e. The van der Waals surface area contributed by atoms with Gasteiger partial charge in [-0.3, -0.25) is 4.79 Å². The molecule has 1 saturated heterocycles. The Bertz CT molecular complexity index is 986. The van der Waals surface area contributed by atoms with Gasteiger partial charge in [0.05, 0.1) is 0 Å². The molecule has 7 heteroatoms. The molecule has 0 spiro atoms. The molecule has 0 aliphatic carbocycles. The van der Waals surface area contributed by atoms with Gasteiger partial charge in [-0.1, -0.05) is 38.5 Å². The molecule has 1 fully saturated rings. The molecule has 27 heavy (non-hydrogen) atoms. The quantitative estimate of drug-likeness (QED) is 0.773. The van der Waals surface area contributed by atoms with Gasteiger partial charge in [-0.2, -0.15) is 4.52 Å². The van der Waals surface area contributed by atoms with Crippen molar-refractivity contribution in [2.75, 3.05) is 16.8 Å². The second-order valence-electron chi connectivity index (χ2n) is 8.07. The highest BCUT2D eigenvalue weighted by Gasteiger charge is 2.33. The van der Waals surface area contributed by atoms with Crippen LogP contribution < -0.4 is 10.2 Å². The van der Waals surface area contributed by atoms with Crippen LogP contribution in [-0.4, -0.2) is 38.3 Å². The summed E-state index contributed by atoms with van der Waals surface area (Å²) in [6.45, 7) is 8.96. The summed E-state index contributed by atoms with van der Waals surface area (Å²) in [5, 5.41) is 16.3. The lowest BCUT2D eigenvalue weighted by Gasteiger charge is -2.18. The minimum Gasteiger partial charge on any atom is -0.357 e. The van der Waals surface area contributed by atoms with Crippen molar-refractivity contribution in [1.82, 2.24) is 19.8 Å². The highest BCUT2D eigenvalue weighted by molar-refractivity contribution is 6.00. The normalized spacial score (nSPS) is 17.7. The number of benzene rings is 1. The number of aromatic nitrogens is 4. The molecule has 1 unspecified atom stereocenters. The molecule has 1 aliphatic rings. The molecule has 2 aromatic heterocycles. The van der Waals surface area contributed by atoms with Gasteiger partial charge in [0.25, 0.3) is 0 Å². The minimum atomic E-state index is -0.286. The van der Waals surface area contributed by atoms with E-state index < -0.39 is 0 Å². The topological polar surface area (TPSA) is 75.4 Å². The molecule has 1 aromatic carbocycles. The number of carbonyl (C=O) groups is 1. The molecule has 1 amide bonds. The van der Waals surface area contributed by atoms with E-state index in [9.17, 15) is 4.79 Å². The molecule has 3 aromatic rings. The van der Waals surface area contributed by atoms with Crippen LogP contribution in [0.3, 0.4) is 0 Å². The number of hydrogen-bond acceptors (Lipinski definition) is 5. The van der Waals surface area contributed by atoms with Gasteiger partial charge >= 0.3 is 0 Å². The Morgan fingerprint density at radius 2 is 1.81 bits per heavy atom. The van der Waals surface area contributed by atoms with Crippen LogP contribution in [-0.2, 0) is 10.2 Å². The molecule has 1 N–H and O–H groups in total. The van der Waals surface area contributed by atoms with Crippen LogP contribution in [0.2, 0.25) is 0 Å². The van der Waals surface area contributed by atoms with E-state index in [1.54, 1.807) is 4.52 Å². The van der Waals surface area contributed by atoms with Gasteiger partial charge in [0.15, 0.2) is 11.5 Å². The first kappa shape index (κ1) is 17.5. The van der Waals surface area contributed by atoms with E-state index in [1.807, 2.05) is 48.2 Å². The summed E-state index contributed by atoms with van der Waals surface area (Å²) in [5.74, 6) is 1.51. The molecule has 4 rings (SSSR count). The Balaban J connectivity index is 1.56. The number of nitrogens with zero attached hydrogens (tertiary/aromatic N) is 5. The summed E-state index contributed by atoms with van der Waals surface area (Å²) in [6, 6.07) is 11.5. The molecule has 0 saturated carbocycles. The monoisotopic (exact) mass is 364 g/mol. The SMILES string of the molecule is Cc1ccc(N2CCC(Nc3ccc4nnc(C(C)(C)C)n4n3)C2=O)cc1. The van der Waals surface area contributed by atoms with Crippen molar-refractivity contribution >= 4 is 23.1 Å². The summed E-state index contributed by atoms with van der Waals surface area (Å²) >= 11 is 0. The molecule has 0 bridgehead atoms. The van der Waals surface area contributed by atoms with Crippen LogP contribution in [0.5, 0.6) is 0 Å². The number of nitrogens with one attached hydrogen (secondary N) is 1. The highest BCUT2D eigenvalue weighted by Crippen LogP contribution is 2.25. The Morgan fingerprint density at radius 1 is 1.07 bits per heavy atom. The Labute approximate surface area is 158 Å². The minimum absolute atomic E-state index is 0.0700. The lowest BCUT2D eigenvalue weighted by molar-refractivity contribution is -0.117. The summed E-state index contributed by atoms with van der Waals surface area (Å²) in [5.41, 5.74) is 2.65. The smallest absolute Gasteiger partial charge is 0.249 e. The van der Waals surface area contributed by atoms with Crippen LogP contribution in [0.15, 0.2) is 36.4 Å². The van der Waals surface area contributed by atoms with Crippen molar-refractivity contribution in [3.63, 3.8) is 0 Å². The van der Waals surface area contributed by atoms with Gasteiger partial charge in [0.2, 0.25) is 5.91 Å². The van der Waals surface area contributed by atoms with Crippen molar-refractivity contribution < 1.29 is 4.79 Å². The van der Waals surface area contributed by atoms with Gasteiger partial charge in [0.1, 0.15) is 11.9 Å². The third-order valence-electron chi connectivity index (χ3n) is 4.81. The molecular weight excluding hydrogens is 340 g/mol. The number of fused-ring (bicyclic) bond motifs is 1. The van der Waals surface area contributed by atoms with Gasteiger partial charge in [-0.25, -0.2) is 0 Å². The van der Waals surface area contributed by atoms with Crippen molar-refractivity contribution in [1.29, 1.82) is 0 Å². The van der Waals surface area contributed by atoms with Crippen LogP contribution >= 0.6 is 0 Å². The molecule has 1 atom stereocenters. The summed E-state index contributed by atoms with van der Waals surface area (Å²) in [7, 11) is 0. The zero-order chi connectivity index (χ0) is 19.2. The zero-order valence-electron chi connectivity index (χ0n) is 16.1. The van der Waals surface area contributed by atoms with E-state index in [-0.39, 0.29) is 17.4 Å². The van der Waals surface area contributed by atoms with Crippen LogP contribution in [0.1, 0.15) is 38.6 Å². The van der Waals surface area contributed by atoms with Crippen molar-refractivity contribution in [3.05, 3.63) is 47.8 Å². The zero-order valence-corrected chi connectivity index (χ0v) is 16.1. The number of aryl methyl sites for hydroxylation is 1. The Hall–Kier alpha value is -2.96. The summed E-state index contributed by atoms with van der Waals surface area (Å²) < 4.78 is 1.75. The van der Waals surface area contributed by atoms with Crippen molar-refractivity contribution in [2.45, 2.75) is 45.6 Å². The lowest BCUT2D eigenvalue weighted by atomic mass is 9.96. The summed E-state index contributed by atoms with van der Waals surface area (Å²) in [4.78, 5) is 14.7. The first-order chi connectivity index (χ1) is 12.8. The van der Waals surface area contributed by atoms with E-state index in [2.05, 4.69) is 41.4 Å². The molecular formula is C20H24N6O. The first-order valence-corrected chi connectivity index (χ1v) is 9.20. The molecule has 140 valence electrons. The maximum atomic E-state index is 12.8. The summed E-state index contributed by atoms with van der Waals surface area (Å²) in [6.07, 6.45) is 0.737. The second-order valence-corrected chi connectivity index (χ2v) is 8.07. The van der Waals surface area contributed by atoms with Gasteiger partial charge in [-0.15, -0.1) is 15.3 Å². The molecule has 1 aliphatic heterocycles. The van der Waals surface area contributed by atoms with Crippen LogP contribution in [0.25, 0.3) is 5.65 Å². The van der Waals surface area contributed by atoms with E-state index in [0.29, 0.717) is 18.0 Å². The number of hydrogen-bond donors (Lipinski definition) is 1. The maximum absolute atomic E-state index is 12.8. The number of anilines is 2. The van der Waals surface area contributed by atoms with Crippen LogP contribution in [0.4, 0.5) is 11.5 Å². The predicted molar refractivity (Wildman–Crippen MR) is 105 cm³/mol. The maximum Gasteiger partial charge on any atom is 0.249 e. The highest BCUT2D eigenvalue weighted by atomic mass is 16.2. The fraction of sp³-hybridized carbons (Fsp3) is 0.400. The van der Waals surface area contributed by atoms with Crippen LogP contribution in [0, 0.1) is 6.92 Å². The van der Waals surface area contributed by atoms with Crippen molar-refractivity contribution in [2.24, 2.45) is 0 Å². The number of amides is 1. The third-order valence-corrected chi connectivity index (χ3v) is 4.81. The Morgan fingerprint density at radius 3 is 2.52 bits per heavy atom. The van der Waals surface area contributed by atoms with E-state index in [0.717, 1.165) is 17.9 Å². The fourth-order valence-electron chi connectivity index (χ4n) is 3.31. The standard InChI is InChI=1S/C20H24N6O/c1-13-5-7-14(8-6-13)25-12-11-15(18(25)27)21-16-9-10-17-22-23-19(20(2,3)4)26(17)24-16/h5-10,15H,11-12H2,1-4H3,(H,21,24). The van der Waals surface area contributed by atoms with Crippen molar-refractivity contribution in [3.8, 4) is 0 Å². The molecule has 7 nitrogen and oxygen atoms in total. The third kappa shape index (κ3) is 3.25.